The van der Waals surface area contributed by atoms with Gasteiger partial charge in [-0.15, -0.1) is 0 Å². The highest BCUT2D eigenvalue weighted by molar-refractivity contribution is 4.94. The molecule has 0 aromatic carbocycles. The summed E-state index contributed by atoms with van der Waals surface area (Å²) in [7, 11) is 0. The third kappa shape index (κ3) is 5.73. The van der Waals surface area contributed by atoms with Crippen LogP contribution in [0.2, 0.25) is 0 Å². The predicted octanol–water partition coefficient (Wildman–Crippen LogP) is 7.77. The fourth-order valence-corrected chi connectivity index (χ4v) is 6.72. The number of fused-ring (bicyclic) bond motifs is 3. The average molecular weight is 363 g/mol. The molecule has 26 heavy (non-hydrogen) atoms. The van der Waals surface area contributed by atoms with Gasteiger partial charge in [0.1, 0.15) is 0 Å². The van der Waals surface area contributed by atoms with Gasteiger partial charge in [-0.1, -0.05) is 65.2 Å². The Morgan fingerprint density at radius 1 is 0.654 bits per heavy atom. The van der Waals surface area contributed by atoms with Crippen molar-refractivity contribution in [2.45, 2.75) is 123 Å². The maximum absolute atomic E-state index is 6.29. The van der Waals surface area contributed by atoms with Crippen molar-refractivity contribution in [3.63, 3.8) is 0 Å². The summed E-state index contributed by atoms with van der Waals surface area (Å²) in [5.74, 6) is 5.31. The first-order valence-electron chi connectivity index (χ1n) is 12.4. The van der Waals surface area contributed by atoms with Crippen molar-refractivity contribution in [2.24, 2.45) is 29.6 Å². The van der Waals surface area contributed by atoms with Crippen LogP contribution in [0.15, 0.2) is 0 Å². The van der Waals surface area contributed by atoms with Gasteiger partial charge in [0.25, 0.3) is 0 Å². The van der Waals surface area contributed by atoms with Crippen LogP contribution in [0.25, 0.3) is 0 Å². The second-order valence-electron chi connectivity index (χ2n) is 9.97. The van der Waals surface area contributed by atoms with E-state index in [1.54, 1.807) is 25.7 Å². The van der Waals surface area contributed by atoms with Crippen LogP contribution >= 0.6 is 0 Å². The van der Waals surface area contributed by atoms with E-state index in [2.05, 4.69) is 13.8 Å². The molecule has 0 saturated heterocycles. The molecule has 4 unspecified atom stereocenters. The molecule has 3 saturated carbocycles. The van der Waals surface area contributed by atoms with E-state index in [1.165, 1.54) is 77.0 Å². The van der Waals surface area contributed by atoms with E-state index >= 15 is 0 Å². The molecular formula is C25H46O. The SMILES string of the molecule is CCCCCCO[C@@H]1CCC2C(CCC3C[C@H](CCCCC)CCC32)C1. The fraction of sp³-hybridized carbons (Fsp3) is 1.00. The van der Waals surface area contributed by atoms with Crippen LogP contribution in [0.4, 0.5) is 0 Å². The lowest BCUT2D eigenvalue weighted by atomic mass is 9.56. The first kappa shape index (κ1) is 20.7. The summed E-state index contributed by atoms with van der Waals surface area (Å²) in [6.07, 6.45) is 23.8. The molecule has 3 fully saturated rings. The first-order chi connectivity index (χ1) is 12.8. The van der Waals surface area contributed by atoms with Gasteiger partial charge in [-0.05, 0) is 81.0 Å². The van der Waals surface area contributed by atoms with Crippen LogP contribution in [0.1, 0.15) is 117 Å². The summed E-state index contributed by atoms with van der Waals surface area (Å²) >= 11 is 0. The van der Waals surface area contributed by atoms with Crippen molar-refractivity contribution in [1.82, 2.24) is 0 Å². The highest BCUT2D eigenvalue weighted by atomic mass is 16.5. The maximum atomic E-state index is 6.29. The maximum Gasteiger partial charge on any atom is 0.0578 e. The topological polar surface area (TPSA) is 9.23 Å². The Kier molecular flexibility index (Phi) is 8.82. The molecular weight excluding hydrogens is 316 g/mol. The molecule has 0 radical (unpaired) electrons. The van der Waals surface area contributed by atoms with E-state index in [9.17, 15) is 0 Å². The van der Waals surface area contributed by atoms with E-state index in [1.807, 2.05) is 0 Å². The Morgan fingerprint density at radius 3 is 2.12 bits per heavy atom. The van der Waals surface area contributed by atoms with Gasteiger partial charge in [0, 0.05) is 6.61 Å². The Morgan fingerprint density at radius 2 is 1.35 bits per heavy atom. The van der Waals surface area contributed by atoms with Crippen LogP contribution in [0, 0.1) is 29.6 Å². The smallest absolute Gasteiger partial charge is 0.0578 e. The minimum Gasteiger partial charge on any atom is -0.378 e. The third-order valence-electron chi connectivity index (χ3n) is 8.17. The minimum absolute atomic E-state index is 0.597. The Labute approximate surface area is 164 Å². The van der Waals surface area contributed by atoms with Crippen molar-refractivity contribution in [3.8, 4) is 0 Å². The quantitative estimate of drug-likeness (QED) is 0.360. The summed E-state index contributed by atoms with van der Waals surface area (Å²) in [6.45, 7) is 5.65. The zero-order chi connectivity index (χ0) is 18.2. The number of unbranched alkanes of at least 4 members (excludes halogenated alkanes) is 5. The van der Waals surface area contributed by atoms with Crippen molar-refractivity contribution >= 4 is 0 Å². The molecule has 0 aromatic rings. The molecule has 152 valence electrons. The molecule has 3 aliphatic rings. The average Bonchev–Trinajstić information content (AvgIpc) is 2.67. The van der Waals surface area contributed by atoms with Crippen molar-refractivity contribution in [2.75, 3.05) is 6.61 Å². The van der Waals surface area contributed by atoms with E-state index < -0.39 is 0 Å². The zero-order valence-corrected chi connectivity index (χ0v) is 17.9. The lowest BCUT2D eigenvalue weighted by Crippen LogP contribution is -2.42. The van der Waals surface area contributed by atoms with Crippen LogP contribution in [0.3, 0.4) is 0 Å². The molecule has 3 aliphatic carbocycles. The predicted molar refractivity (Wildman–Crippen MR) is 112 cm³/mol. The number of rotatable bonds is 10. The van der Waals surface area contributed by atoms with Crippen molar-refractivity contribution < 1.29 is 4.74 Å². The Balaban J connectivity index is 1.39. The second kappa shape index (κ2) is 11.1. The van der Waals surface area contributed by atoms with Gasteiger partial charge in [0.2, 0.25) is 0 Å². The molecule has 0 bridgehead atoms. The summed E-state index contributed by atoms with van der Waals surface area (Å²) in [6, 6.07) is 0. The monoisotopic (exact) mass is 362 g/mol. The largest absolute Gasteiger partial charge is 0.378 e. The van der Waals surface area contributed by atoms with Crippen LogP contribution in [0.5, 0.6) is 0 Å². The Hall–Kier alpha value is -0.0400. The molecule has 3 rings (SSSR count). The molecule has 1 nitrogen and oxygen atoms in total. The third-order valence-corrected chi connectivity index (χ3v) is 8.17. The molecule has 1 heteroatoms. The molecule has 6 atom stereocenters. The molecule has 0 heterocycles. The minimum atomic E-state index is 0.597. The van der Waals surface area contributed by atoms with Crippen LogP contribution in [-0.2, 0) is 4.74 Å². The summed E-state index contributed by atoms with van der Waals surface area (Å²) < 4.78 is 6.29. The molecule has 0 spiro atoms. The van der Waals surface area contributed by atoms with Gasteiger partial charge in [0.05, 0.1) is 6.10 Å². The summed E-state index contributed by atoms with van der Waals surface area (Å²) in [5.41, 5.74) is 0. The van der Waals surface area contributed by atoms with Crippen molar-refractivity contribution in [3.05, 3.63) is 0 Å². The van der Waals surface area contributed by atoms with E-state index in [0.29, 0.717) is 6.10 Å². The van der Waals surface area contributed by atoms with Gasteiger partial charge in [-0.2, -0.15) is 0 Å². The molecule has 0 amide bonds. The highest BCUT2D eigenvalue weighted by Crippen LogP contribution is 2.53. The number of ether oxygens (including phenoxy) is 1. The normalized spacial score (nSPS) is 37.2. The number of hydrogen-bond donors (Lipinski definition) is 0. The van der Waals surface area contributed by atoms with Gasteiger partial charge >= 0.3 is 0 Å². The Bertz CT molecular complexity index is 378. The highest BCUT2D eigenvalue weighted by Gasteiger charge is 2.44. The van der Waals surface area contributed by atoms with Gasteiger partial charge in [-0.25, -0.2) is 0 Å². The van der Waals surface area contributed by atoms with Gasteiger partial charge in [0.15, 0.2) is 0 Å². The van der Waals surface area contributed by atoms with Crippen molar-refractivity contribution in [1.29, 1.82) is 0 Å². The fourth-order valence-electron chi connectivity index (χ4n) is 6.72. The first-order valence-corrected chi connectivity index (χ1v) is 12.4. The van der Waals surface area contributed by atoms with Crippen LogP contribution < -0.4 is 0 Å². The second-order valence-corrected chi connectivity index (χ2v) is 9.97. The van der Waals surface area contributed by atoms with Crippen LogP contribution in [-0.4, -0.2) is 12.7 Å². The lowest BCUT2D eigenvalue weighted by molar-refractivity contribution is -0.0539. The molecule has 0 aromatic heterocycles. The summed E-state index contributed by atoms with van der Waals surface area (Å²) in [5, 5.41) is 0. The summed E-state index contributed by atoms with van der Waals surface area (Å²) in [4.78, 5) is 0. The van der Waals surface area contributed by atoms with E-state index in [0.717, 1.165) is 36.2 Å². The standard InChI is InChI=1S/C25H46O/c1-3-5-7-9-17-26-23-14-16-25-22(19-23)13-12-21-18-20(10-8-6-4-2)11-15-24(21)25/h20-25H,3-19H2,1-2H3/t20-,21?,22?,23-,24?,25?/m1/s1. The molecule has 0 N–H and O–H groups in total. The van der Waals surface area contributed by atoms with Gasteiger partial charge < -0.3 is 4.74 Å². The lowest BCUT2D eigenvalue weighted by Gasteiger charge is -2.50. The van der Waals surface area contributed by atoms with Gasteiger partial charge in [-0.3, -0.25) is 0 Å². The molecule has 0 aliphatic heterocycles. The van der Waals surface area contributed by atoms with E-state index in [4.69, 9.17) is 4.74 Å². The zero-order valence-electron chi connectivity index (χ0n) is 17.9. The van der Waals surface area contributed by atoms with E-state index in [-0.39, 0.29) is 0 Å². The number of hydrogen-bond acceptors (Lipinski definition) is 1.